The molecule has 5 heteroatoms. The first-order chi connectivity index (χ1) is 9.42. The predicted octanol–water partition coefficient (Wildman–Crippen LogP) is 2.26. The number of imidazole rings is 1. The van der Waals surface area contributed by atoms with Gasteiger partial charge in [0.05, 0.1) is 16.5 Å². The van der Waals surface area contributed by atoms with E-state index >= 15 is 0 Å². The molecule has 4 aromatic rings. The van der Waals surface area contributed by atoms with E-state index < -0.39 is 0 Å². The highest BCUT2D eigenvalue weighted by molar-refractivity contribution is 7.23. The Morgan fingerprint density at radius 3 is 3.05 bits per heavy atom. The zero-order chi connectivity index (χ0) is 12.4. The van der Waals surface area contributed by atoms with Gasteiger partial charge < -0.3 is 0 Å². The summed E-state index contributed by atoms with van der Waals surface area (Å²) in [7, 11) is 0. The molecule has 0 aromatic carbocycles. The maximum atomic E-state index is 4.27. The Balaban J connectivity index is 2.00. The van der Waals surface area contributed by atoms with Crippen LogP contribution in [0.15, 0.2) is 43.1 Å². The van der Waals surface area contributed by atoms with Crippen LogP contribution in [0.1, 0.15) is 5.56 Å². The lowest BCUT2D eigenvalue weighted by Gasteiger charge is -1.92. The first kappa shape index (κ1) is 9.63. The van der Waals surface area contributed by atoms with E-state index in [0.717, 1.165) is 6.54 Å². The maximum absolute atomic E-state index is 4.27. The smallest absolute Gasteiger partial charge is 0.264 e. The van der Waals surface area contributed by atoms with Crippen LogP contribution >= 0.6 is 11.3 Å². The summed E-state index contributed by atoms with van der Waals surface area (Å²) in [5.41, 5.74) is 3.74. The average molecular weight is 265 g/mol. The Morgan fingerprint density at radius 1 is 1.16 bits per heavy atom. The summed E-state index contributed by atoms with van der Waals surface area (Å²) in [5, 5.41) is 0. The third-order valence-corrected chi connectivity index (χ3v) is 4.74. The number of rotatable bonds is 0. The molecule has 0 saturated carbocycles. The topological polar surface area (TPSA) is 34.1 Å². The van der Waals surface area contributed by atoms with Gasteiger partial charge in [0.15, 0.2) is 5.52 Å². The fourth-order valence-corrected chi connectivity index (χ4v) is 3.93. The van der Waals surface area contributed by atoms with Crippen LogP contribution in [0.5, 0.6) is 0 Å². The molecule has 0 amide bonds. The minimum absolute atomic E-state index is 0.934. The van der Waals surface area contributed by atoms with Crippen LogP contribution < -0.4 is 4.57 Å². The highest BCUT2D eigenvalue weighted by Crippen LogP contribution is 2.33. The number of aromatic nitrogens is 4. The molecule has 0 unspecified atom stereocenters. The fourth-order valence-electron chi connectivity index (χ4n) is 2.87. The van der Waals surface area contributed by atoms with Gasteiger partial charge in [0.25, 0.3) is 5.82 Å². The quantitative estimate of drug-likeness (QED) is 0.402. The molecule has 4 aromatic heterocycles. The van der Waals surface area contributed by atoms with Crippen LogP contribution in [0, 0.1) is 0 Å². The highest BCUT2D eigenvalue weighted by atomic mass is 32.1. The molecule has 0 atom stereocenters. The summed E-state index contributed by atoms with van der Waals surface area (Å²) < 4.78 is 5.86. The lowest BCUT2D eigenvalue weighted by Crippen LogP contribution is -2.29. The zero-order valence-corrected chi connectivity index (χ0v) is 10.8. The van der Waals surface area contributed by atoms with Crippen molar-refractivity contribution in [3.05, 3.63) is 48.7 Å². The zero-order valence-electron chi connectivity index (χ0n) is 9.95. The van der Waals surface area contributed by atoms with E-state index in [9.17, 15) is 0 Å². The van der Waals surface area contributed by atoms with Crippen molar-refractivity contribution in [2.24, 2.45) is 0 Å². The average Bonchev–Trinajstić information content (AvgIpc) is 3.04. The van der Waals surface area contributed by atoms with Crippen LogP contribution in [0.3, 0.4) is 0 Å². The lowest BCUT2D eigenvalue weighted by atomic mass is 10.2. The molecule has 4 nitrogen and oxygen atoms in total. The molecule has 0 spiro atoms. The van der Waals surface area contributed by atoms with Crippen molar-refractivity contribution in [2.75, 3.05) is 0 Å². The van der Waals surface area contributed by atoms with Gasteiger partial charge in [-0.2, -0.15) is 4.40 Å². The van der Waals surface area contributed by atoms with Crippen LogP contribution in [0.4, 0.5) is 0 Å². The predicted molar refractivity (Wildman–Crippen MR) is 73.1 cm³/mol. The molecule has 0 N–H and O–H groups in total. The van der Waals surface area contributed by atoms with E-state index in [-0.39, 0.29) is 0 Å². The summed E-state index contributed by atoms with van der Waals surface area (Å²) in [4.78, 5) is 9.78. The van der Waals surface area contributed by atoms with Gasteiger partial charge in [-0.05, 0) is 12.1 Å². The number of hydrogen-bond acceptors (Lipinski definition) is 3. The molecule has 0 fully saturated rings. The Kier molecular flexibility index (Phi) is 1.62. The van der Waals surface area contributed by atoms with E-state index in [0.29, 0.717) is 0 Å². The van der Waals surface area contributed by atoms with E-state index in [1.54, 1.807) is 11.3 Å². The van der Waals surface area contributed by atoms with Crippen molar-refractivity contribution < 1.29 is 4.57 Å². The van der Waals surface area contributed by atoms with Crippen LogP contribution in [0.2, 0.25) is 0 Å². The summed E-state index contributed by atoms with van der Waals surface area (Å²) >= 11 is 1.80. The molecule has 0 radical (unpaired) electrons. The van der Waals surface area contributed by atoms with Gasteiger partial charge >= 0.3 is 0 Å². The lowest BCUT2D eigenvalue weighted by molar-refractivity contribution is -0.670. The van der Waals surface area contributed by atoms with Gasteiger partial charge in [-0.25, -0.2) is 4.57 Å². The molecular formula is C14H9N4S+. The number of fused-ring (bicyclic) bond motifs is 7. The van der Waals surface area contributed by atoms with E-state index in [1.165, 1.54) is 32.0 Å². The second-order valence-corrected chi connectivity index (χ2v) is 5.79. The van der Waals surface area contributed by atoms with E-state index in [1.807, 2.05) is 24.8 Å². The van der Waals surface area contributed by atoms with Gasteiger partial charge in [0.1, 0.15) is 12.7 Å². The first-order valence-corrected chi connectivity index (χ1v) is 6.94. The van der Waals surface area contributed by atoms with Crippen molar-refractivity contribution in [1.29, 1.82) is 0 Å². The highest BCUT2D eigenvalue weighted by Gasteiger charge is 2.32. The number of pyridine rings is 2. The second kappa shape index (κ2) is 3.19. The van der Waals surface area contributed by atoms with Crippen molar-refractivity contribution in [2.45, 2.75) is 6.54 Å². The van der Waals surface area contributed by atoms with E-state index in [2.05, 4.69) is 37.3 Å². The fraction of sp³-hybridized carbons (Fsp3) is 0.0714. The molecule has 90 valence electrons. The maximum Gasteiger partial charge on any atom is 0.297 e. The molecular weight excluding hydrogens is 256 g/mol. The summed E-state index contributed by atoms with van der Waals surface area (Å²) in [6.07, 6.45) is 9.83. The normalized spacial score (nSPS) is 13.1. The van der Waals surface area contributed by atoms with E-state index in [4.69, 9.17) is 0 Å². The third kappa shape index (κ3) is 1.11. The summed E-state index contributed by atoms with van der Waals surface area (Å²) in [6.45, 7) is 0.934. The SMILES string of the molecule is c1cc2c(cn1)-c1n3c(c[n+]1C2)sc1ccncc13. The van der Waals surface area contributed by atoms with Gasteiger partial charge in [-0.15, -0.1) is 0 Å². The van der Waals surface area contributed by atoms with Crippen LogP contribution in [0.25, 0.3) is 26.4 Å². The summed E-state index contributed by atoms with van der Waals surface area (Å²) in [5.74, 6) is 1.22. The Morgan fingerprint density at radius 2 is 2.05 bits per heavy atom. The first-order valence-electron chi connectivity index (χ1n) is 6.12. The molecule has 1 aliphatic heterocycles. The standard InChI is InChI=1S/C14H9N4S/c1-3-15-5-10-9(1)7-17-8-13-18(14(10)17)11-6-16-4-2-12(11)19-13/h1-6,8H,7H2/q+1. The third-order valence-electron chi connectivity index (χ3n) is 3.68. The molecule has 5 rings (SSSR count). The number of hydrogen-bond donors (Lipinski definition) is 0. The van der Waals surface area contributed by atoms with Gasteiger partial charge in [-0.3, -0.25) is 9.97 Å². The van der Waals surface area contributed by atoms with Crippen molar-refractivity contribution in [3.63, 3.8) is 0 Å². The molecule has 19 heavy (non-hydrogen) atoms. The Bertz CT molecular complexity index is 951. The molecule has 1 aliphatic rings. The van der Waals surface area contributed by atoms with Crippen LogP contribution in [-0.2, 0) is 6.54 Å². The van der Waals surface area contributed by atoms with Crippen molar-refractivity contribution in [3.8, 4) is 11.4 Å². The largest absolute Gasteiger partial charge is 0.297 e. The Labute approximate surface area is 112 Å². The summed E-state index contributed by atoms with van der Waals surface area (Å²) in [6, 6.07) is 4.17. The molecule has 0 bridgehead atoms. The van der Waals surface area contributed by atoms with Gasteiger partial charge in [0, 0.05) is 24.2 Å². The minimum Gasteiger partial charge on any atom is -0.264 e. The number of nitrogens with zero attached hydrogens (tertiary/aromatic N) is 4. The molecule has 0 aliphatic carbocycles. The van der Waals surface area contributed by atoms with Crippen molar-refractivity contribution >= 4 is 26.4 Å². The molecule has 0 saturated heterocycles. The Hall–Kier alpha value is -2.27. The van der Waals surface area contributed by atoms with Crippen molar-refractivity contribution in [1.82, 2.24) is 14.4 Å². The minimum atomic E-state index is 0.934. The van der Waals surface area contributed by atoms with Gasteiger partial charge in [0.2, 0.25) is 4.83 Å². The number of thiazole rings is 1. The monoisotopic (exact) mass is 265 g/mol. The second-order valence-electron chi connectivity index (χ2n) is 4.73. The van der Waals surface area contributed by atoms with Crippen LogP contribution in [-0.4, -0.2) is 14.4 Å². The van der Waals surface area contributed by atoms with Gasteiger partial charge in [-0.1, -0.05) is 11.3 Å². The molecule has 5 heterocycles.